The van der Waals surface area contributed by atoms with E-state index < -0.39 is 0 Å². The second-order valence-electron chi connectivity index (χ2n) is 12.9. The summed E-state index contributed by atoms with van der Waals surface area (Å²) in [4.78, 5) is 9.79. The maximum atomic E-state index is 10.2. The molecule has 9 rings (SSSR count). The van der Waals surface area contributed by atoms with Crippen LogP contribution in [0.2, 0.25) is 0 Å². The van der Waals surface area contributed by atoms with Crippen LogP contribution in [0.15, 0.2) is 188 Å². The Balaban J connectivity index is 1.06. The van der Waals surface area contributed by atoms with Crippen LogP contribution in [0.1, 0.15) is 5.56 Å². The fourth-order valence-electron chi connectivity index (χ4n) is 7.07. The maximum Gasteiger partial charge on any atom is 0.0992 e. The van der Waals surface area contributed by atoms with Gasteiger partial charge in [0.25, 0.3) is 0 Å². The number of hydrogen-bond acceptors (Lipinski definition) is 3. The first-order valence-electron chi connectivity index (χ1n) is 17.4. The molecular formula is C49H31N3. The number of aromatic nitrogens is 2. The summed E-state index contributed by atoms with van der Waals surface area (Å²) in [5.41, 5.74) is 15.2. The van der Waals surface area contributed by atoms with Crippen molar-refractivity contribution in [1.29, 1.82) is 5.26 Å². The van der Waals surface area contributed by atoms with E-state index >= 15 is 0 Å². The molecule has 0 saturated carbocycles. The Morgan fingerprint density at radius 3 is 1.12 bits per heavy atom. The molecule has 2 aromatic heterocycles. The van der Waals surface area contributed by atoms with Gasteiger partial charge in [0.15, 0.2) is 0 Å². The van der Waals surface area contributed by atoms with E-state index in [-0.39, 0.29) is 0 Å². The van der Waals surface area contributed by atoms with Crippen molar-refractivity contribution < 1.29 is 0 Å². The number of nitriles is 1. The molecule has 242 valence electrons. The minimum atomic E-state index is 0.618. The van der Waals surface area contributed by atoms with E-state index in [4.69, 9.17) is 9.97 Å². The Morgan fingerprint density at radius 1 is 0.327 bits per heavy atom. The zero-order valence-electron chi connectivity index (χ0n) is 28.2. The van der Waals surface area contributed by atoms with Gasteiger partial charge in [-0.3, -0.25) is 0 Å². The standard InChI is InChI=1S/C49H31N3/c50-32-33-29-40(44-13-5-3-11-42(44)34-17-21-38(22-18-34)48-27-25-36-9-1-7-15-46(36)51-48)31-41(30-33)45-14-6-4-12-43(45)35-19-23-39(24-20-35)49-28-26-37-10-2-8-16-47(37)52-49/h1-31H. The predicted octanol–water partition coefficient (Wildman–Crippen LogP) is 12.7. The number of pyridine rings is 2. The smallest absolute Gasteiger partial charge is 0.0992 e. The number of hydrogen-bond donors (Lipinski definition) is 0. The van der Waals surface area contributed by atoms with Gasteiger partial charge >= 0.3 is 0 Å². The van der Waals surface area contributed by atoms with Crippen LogP contribution in [0.3, 0.4) is 0 Å². The second kappa shape index (κ2) is 13.3. The van der Waals surface area contributed by atoms with E-state index in [1.807, 2.05) is 48.5 Å². The molecule has 0 aliphatic carbocycles. The summed E-state index contributed by atoms with van der Waals surface area (Å²) in [5.74, 6) is 0. The number of rotatable bonds is 6. The zero-order valence-corrected chi connectivity index (χ0v) is 28.2. The van der Waals surface area contributed by atoms with Crippen molar-refractivity contribution in [2.45, 2.75) is 0 Å². The van der Waals surface area contributed by atoms with Gasteiger partial charge in [-0.2, -0.15) is 5.26 Å². The number of para-hydroxylation sites is 2. The fourth-order valence-corrected chi connectivity index (χ4v) is 7.07. The van der Waals surface area contributed by atoms with E-state index in [2.05, 4.69) is 146 Å². The largest absolute Gasteiger partial charge is 0.248 e. The molecule has 0 unspecified atom stereocenters. The van der Waals surface area contributed by atoms with E-state index in [0.717, 1.165) is 88.8 Å². The number of nitrogens with zero attached hydrogens (tertiary/aromatic N) is 3. The molecule has 0 aliphatic heterocycles. The molecule has 52 heavy (non-hydrogen) atoms. The lowest BCUT2D eigenvalue weighted by Gasteiger charge is -2.15. The minimum Gasteiger partial charge on any atom is -0.248 e. The van der Waals surface area contributed by atoms with Crippen molar-refractivity contribution in [3.63, 3.8) is 0 Å². The summed E-state index contributed by atoms with van der Waals surface area (Å²) in [6, 6.07) is 67.4. The zero-order chi connectivity index (χ0) is 34.9. The SMILES string of the molecule is N#Cc1cc(-c2ccccc2-c2ccc(-c3ccc4ccccc4n3)cc2)cc(-c2ccccc2-c2ccc(-c3ccc4ccccc4n3)cc2)c1. The summed E-state index contributed by atoms with van der Waals surface area (Å²) < 4.78 is 0. The molecule has 9 aromatic rings. The van der Waals surface area contributed by atoms with E-state index in [9.17, 15) is 5.26 Å². The third kappa shape index (κ3) is 5.89. The van der Waals surface area contributed by atoms with E-state index in [0.29, 0.717) is 5.56 Å². The second-order valence-corrected chi connectivity index (χ2v) is 12.9. The van der Waals surface area contributed by atoms with Gasteiger partial charge in [0.2, 0.25) is 0 Å². The summed E-state index contributed by atoms with van der Waals surface area (Å²) in [6.07, 6.45) is 0. The maximum absolute atomic E-state index is 10.2. The molecule has 0 fully saturated rings. The van der Waals surface area contributed by atoms with Crippen molar-refractivity contribution in [1.82, 2.24) is 9.97 Å². The van der Waals surface area contributed by atoms with Gasteiger partial charge in [-0.25, -0.2) is 9.97 Å². The van der Waals surface area contributed by atoms with Crippen LogP contribution < -0.4 is 0 Å². The molecule has 0 atom stereocenters. The van der Waals surface area contributed by atoms with Gasteiger partial charge in [-0.1, -0.05) is 146 Å². The van der Waals surface area contributed by atoms with Crippen molar-refractivity contribution in [2.24, 2.45) is 0 Å². The van der Waals surface area contributed by atoms with Gasteiger partial charge in [-0.15, -0.1) is 0 Å². The van der Waals surface area contributed by atoms with Gasteiger partial charge in [-0.05, 0) is 87.0 Å². The fraction of sp³-hybridized carbons (Fsp3) is 0. The molecule has 0 amide bonds. The molecule has 0 N–H and O–H groups in total. The molecule has 7 aromatic carbocycles. The van der Waals surface area contributed by atoms with Crippen LogP contribution in [0.4, 0.5) is 0 Å². The number of benzene rings is 7. The average Bonchev–Trinajstić information content (AvgIpc) is 3.23. The molecule has 0 radical (unpaired) electrons. The highest BCUT2D eigenvalue weighted by atomic mass is 14.7. The third-order valence-corrected chi connectivity index (χ3v) is 9.72. The molecule has 2 heterocycles. The van der Waals surface area contributed by atoms with Gasteiger partial charge in [0.05, 0.1) is 34.1 Å². The molecule has 3 nitrogen and oxygen atoms in total. The quantitative estimate of drug-likeness (QED) is 0.178. The van der Waals surface area contributed by atoms with Crippen LogP contribution in [-0.4, -0.2) is 9.97 Å². The molecule has 0 bridgehead atoms. The Labute approximate surface area is 302 Å². The van der Waals surface area contributed by atoms with Gasteiger partial charge < -0.3 is 0 Å². The molecule has 0 saturated heterocycles. The predicted molar refractivity (Wildman–Crippen MR) is 214 cm³/mol. The lowest BCUT2D eigenvalue weighted by atomic mass is 9.88. The topological polar surface area (TPSA) is 49.6 Å². The van der Waals surface area contributed by atoms with Crippen molar-refractivity contribution in [3.05, 3.63) is 194 Å². The highest BCUT2D eigenvalue weighted by Crippen LogP contribution is 2.39. The van der Waals surface area contributed by atoms with Crippen molar-refractivity contribution >= 4 is 21.8 Å². The molecule has 0 spiro atoms. The monoisotopic (exact) mass is 661 g/mol. The Bertz CT molecular complexity index is 2610. The van der Waals surface area contributed by atoms with E-state index in [1.165, 1.54) is 0 Å². The van der Waals surface area contributed by atoms with Crippen LogP contribution in [0.25, 0.3) is 88.8 Å². The highest BCUT2D eigenvalue weighted by molar-refractivity contribution is 5.91. The van der Waals surface area contributed by atoms with E-state index in [1.54, 1.807) is 0 Å². The molecular weight excluding hydrogens is 631 g/mol. The first-order chi connectivity index (χ1) is 25.7. The Kier molecular flexibility index (Phi) is 7.89. The Morgan fingerprint density at radius 2 is 0.692 bits per heavy atom. The van der Waals surface area contributed by atoms with Gasteiger partial charge in [0.1, 0.15) is 0 Å². The molecule has 3 heteroatoms. The summed E-state index contributed by atoms with van der Waals surface area (Å²) in [5, 5.41) is 12.5. The first kappa shape index (κ1) is 30.9. The van der Waals surface area contributed by atoms with Gasteiger partial charge in [0, 0.05) is 21.9 Å². The first-order valence-corrected chi connectivity index (χ1v) is 17.4. The number of fused-ring (bicyclic) bond motifs is 2. The summed E-state index contributed by atoms with van der Waals surface area (Å²) >= 11 is 0. The van der Waals surface area contributed by atoms with Crippen LogP contribution >= 0.6 is 0 Å². The average molecular weight is 662 g/mol. The Hall–Kier alpha value is -7.15. The van der Waals surface area contributed by atoms with Crippen molar-refractivity contribution in [3.8, 4) is 73.1 Å². The minimum absolute atomic E-state index is 0.618. The normalized spacial score (nSPS) is 11.1. The lowest BCUT2D eigenvalue weighted by Crippen LogP contribution is -1.91. The van der Waals surface area contributed by atoms with Crippen LogP contribution in [0.5, 0.6) is 0 Å². The molecule has 0 aliphatic rings. The van der Waals surface area contributed by atoms with Crippen molar-refractivity contribution in [2.75, 3.05) is 0 Å². The van der Waals surface area contributed by atoms with Crippen LogP contribution in [-0.2, 0) is 0 Å². The summed E-state index contributed by atoms with van der Waals surface area (Å²) in [6.45, 7) is 0. The lowest BCUT2D eigenvalue weighted by molar-refractivity contribution is 1.40. The van der Waals surface area contributed by atoms with Crippen LogP contribution in [0, 0.1) is 11.3 Å². The third-order valence-electron chi connectivity index (χ3n) is 9.72. The summed E-state index contributed by atoms with van der Waals surface area (Å²) in [7, 11) is 0. The highest BCUT2D eigenvalue weighted by Gasteiger charge is 2.14.